The van der Waals surface area contributed by atoms with Crippen LogP contribution < -0.4 is 0 Å². The minimum atomic E-state index is -1.24. The van der Waals surface area contributed by atoms with Crippen molar-refractivity contribution in [3.8, 4) is 0 Å². The summed E-state index contributed by atoms with van der Waals surface area (Å²) in [7, 11) is 0. The summed E-state index contributed by atoms with van der Waals surface area (Å²) in [6, 6.07) is 7.02. The molecule has 0 aliphatic carbocycles. The Morgan fingerprint density at radius 1 is 0.905 bits per heavy atom. The van der Waals surface area contributed by atoms with Crippen LogP contribution in [0.2, 0.25) is 0 Å². The lowest BCUT2D eigenvalue weighted by Gasteiger charge is -2.09. The summed E-state index contributed by atoms with van der Waals surface area (Å²) in [6.07, 6.45) is 2.92. The Morgan fingerprint density at radius 2 is 1.48 bits per heavy atom. The molecule has 2 N–H and O–H groups in total. The predicted octanol–water partition coefficient (Wildman–Crippen LogP) is 3.00. The zero-order valence-electron chi connectivity index (χ0n) is 11.2. The van der Waals surface area contributed by atoms with Crippen molar-refractivity contribution in [2.24, 2.45) is 0 Å². The van der Waals surface area contributed by atoms with Gasteiger partial charge in [-0.3, -0.25) is 4.79 Å². The maximum atomic E-state index is 12.0. The molecule has 0 aliphatic heterocycles. The van der Waals surface area contributed by atoms with Crippen molar-refractivity contribution in [1.82, 2.24) is 0 Å². The molecule has 21 heavy (non-hydrogen) atoms. The van der Waals surface area contributed by atoms with Gasteiger partial charge in [0.1, 0.15) is 0 Å². The van der Waals surface area contributed by atoms with Crippen molar-refractivity contribution in [2.45, 2.75) is 6.92 Å². The molecular formula is C16H12O5. The van der Waals surface area contributed by atoms with Crippen molar-refractivity contribution in [2.75, 3.05) is 0 Å². The van der Waals surface area contributed by atoms with Crippen molar-refractivity contribution in [3.05, 3.63) is 59.2 Å². The molecule has 0 fully saturated rings. The summed E-state index contributed by atoms with van der Waals surface area (Å²) >= 11 is 0. The molecule has 0 heterocycles. The molecule has 0 aliphatic rings. The number of aromatic carboxylic acids is 2. The lowest BCUT2D eigenvalue weighted by molar-refractivity contribution is 0.0695. The van der Waals surface area contributed by atoms with Gasteiger partial charge in [-0.2, -0.15) is 0 Å². The Labute approximate surface area is 120 Å². The normalized spacial score (nSPS) is 10.9. The van der Waals surface area contributed by atoms with Gasteiger partial charge >= 0.3 is 11.9 Å². The van der Waals surface area contributed by atoms with Gasteiger partial charge in [0.2, 0.25) is 0 Å². The molecule has 0 spiro atoms. The lowest BCUT2D eigenvalue weighted by Crippen LogP contribution is -2.07. The van der Waals surface area contributed by atoms with Crippen LogP contribution in [0.25, 0.3) is 10.8 Å². The highest BCUT2D eigenvalue weighted by atomic mass is 16.4. The molecule has 0 saturated carbocycles. The number of fused-ring (bicyclic) bond motifs is 1. The second kappa shape index (κ2) is 5.58. The first-order valence-corrected chi connectivity index (χ1v) is 6.16. The standard InChI is InChI=1S/C16H12O5/c1-2-4-13(17)9-7-8-12(16(20)21)14-10(9)5-3-6-11(14)15(18)19/h2-8H,1H3,(H,18,19)(H,20,21)/b4-2-. The number of benzene rings is 2. The highest BCUT2D eigenvalue weighted by Crippen LogP contribution is 2.27. The number of carboxylic acid groups (broad SMARTS) is 2. The summed E-state index contributed by atoms with van der Waals surface area (Å²) < 4.78 is 0. The van der Waals surface area contributed by atoms with Crippen LogP contribution in [0.4, 0.5) is 0 Å². The Balaban J connectivity index is 2.93. The summed E-state index contributed by atoms with van der Waals surface area (Å²) in [5.41, 5.74) is -0.00347. The van der Waals surface area contributed by atoms with Gasteiger partial charge in [0.15, 0.2) is 5.78 Å². The molecule has 106 valence electrons. The largest absolute Gasteiger partial charge is 0.478 e. The topological polar surface area (TPSA) is 91.7 Å². The van der Waals surface area contributed by atoms with Crippen molar-refractivity contribution < 1.29 is 24.6 Å². The molecule has 2 rings (SSSR count). The average Bonchev–Trinajstić information content (AvgIpc) is 2.45. The average molecular weight is 284 g/mol. The van der Waals surface area contributed by atoms with Gasteiger partial charge in [-0.05, 0) is 36.6 Å². The zero-order chi connectivity index (χ0) is 15.6. The number of allylic oxidation sites excluding steroid dienone is 2. The van der Waals surface area contributed by atoms with Gasteiger partial charge < -0.3 is 10.2 Å². The molecule has 0 aromatic heterocycles. The van der Waals surface area contributed by atoms with Crippen LogP contribution in [0.15, 0.2) is 42.5 Å². The van der Waals surface area contributed by atoms with E-state index in [1.165, 1.54) is 30.3 Å². The molecule has 5 nitrogen and oxygen atoms in total. The molecule has 5 heteroatoms. The van der Waals surface area contributed by atoms with Crippen LogP contribution >= 0.6 is 0 Å². The number of carboxylic acids is 2. The van der Waals surface area contributed by atoms with Crippen molar-refractivity contribution in [3.63, 3.8) is 0 Å². The minimum Gasteiger partial charge on any atom is -0.478 e. The van der Waals surface area contributed by atoms with E-state index >= 15 is 0 Å². The highest BCUT2D eigenvalue weighted by molar-refractivity contribution is 6.20. The van der Waals surface area contributed by atoms with Crippen molar-refractivity contribution in [1.29, 1.82) is 0 Å². The first-order valence-electron chi connectivity index (χ1n) is 6.16. The third-order valence-electron chi connectivity index (χ3n) is 3.08. The Kier molecular flexibility index (Phi) is 3.84. The summed E-state index contributed by atoms with van der Waals surface area (Å²) in [4.78, 5) is 34.6. The smallest absolute Gasteiger partial charge is 0.336 e. The highest BCUT2D eigenvalue weighted by Gasteiger charge is 2.19. The fourth-order valence-electron chi connectivity index (χ4n) is 2.22. The molecule has 0 amide bonds. The summed E-state index contributed by atoms with van der Waals surface area (Å²) in [6.45, 7) is 1.69. The fourth-order valence-corrected chi connectivity index (χ4v) is 2.22. The molecular weight excluding hydrogens is 272 g/mol. The monoisotopic (exact) mass is 284 g/mol. The Morgan fingerprint density at radius 3 is 2.05 bits per heavy atom. The van der Waals surface area contributed by atoms with E-state index in [0.717, 1.165) is 0 Å². The fraction of sp³-hybridized carbons (Fsp3) is 0.0625. The van der Waals surface area contributed by atoms with E-state index in [4.69, 9.17) is 0 Å². The zero-order valence-corrected chi connectivity index (χ0v) is 11.2. The molecule has 0 unspecified atom stereocenters. The maximum absolute atomic E-state index is 12.0. The minimum absolute atomic E-state index is 0.0628. The SMILES string of the molecule is C/C=C\C(=O)c1ccc(C(=O)O)c2c(C(=O)O)cccc12. The van der Waals surface area contributed by atoms with Gasteiger partial charge in [-0.25, -0.2) is 9.59 Å². The van der Waals surface area contributed by atoms with Gasteiger partial charge in [0.05, 0.1) is 11.1 Å². The van der Waals surface area contributed by atoms with Crippen LogP contribution in [-0.4, -0.2) is 27.9 Å². The second-order valence-corrected chi connectivity index (χ2v) is 4.36. The van der Waals surface area contributed by atoms with E-state index in [2.05, 4.69) is 0 Å². The Bertz CT molecular complexity index is 766. The first kappa shape index (κ1) is 14.5. The third-order valence-corrected chi connectivity index (χ3v) is 3.08. The predicted molar refractivity (Wildman–Crippen MR) is 77.0 cm³/mol. The summed E-state index contributed by atoms with van der Waals surface area (Å²) in [5.74, 6) is -2.78. The van der Waals surface area contributed by atoms with Crippen molar-refractivity contribution >= 4 is 28.5 Å². The number of hydrogen-bond acceptors (Lipinski definition) is 3. The van der Waals surface area contributed by atoms with E-state index in [1.807, 2.05) is 0 Å². The van der Waals surface area contributed by atoms with E-state index in [9.17, 15) is 24.6 Å². The molecule has 0 bridgehead atoms. The van der Waals surface area contributed by atoms with E-state index in [-0.39, 0.29) is 27.9 Å². The molecule has 0 atom stereocenters. The quantitative estimate of drug-likeness (QED) is 0.665. The number of hydrogen-bond donors (Lipinski definition) is 2. The van der Waals surface area contributed by atoms with Gasteiger partial charge in [0.25, 0.3) is 0 Å². The first-order chi connectivity index (χ1) is 9.97. The Hall–Kier alpha value is -2.95. The van der Waals surface area contributed by atoms with Crippen LogP contribution in [0.5, 0.6) is 0 Å². The van der Waals surface area contributed by atoms with Gasteiger partial charge in [-0.15, -0.1) is 0 Å². The summed E-state index contributed by atoms with van der Waals surface area (Å²) in [5, 5.41) is 18.8. The molecule has 2 aromatic carbocycles. The number of carbonyl (C=O) groups is 3. The van der Waals surface area contributed by atoms with Crippen LogP contribution in [0.3, 0.4) is 0 Å². The van der Waals surface area contributed by atoms with E-state index in [1.54, 1.807) is 19.1 Å². The van der Waals surface area contributed by atoms with Gasteiger partial charge in [0, 0.05) is 10.9 Å². The third kappa shape index (κ3) is 2.53. The number of rotatable bonds is 4. The van der Waals surface area contributed by atoms with Gasteiger partial charge in [-0.1, -0.05) is 18.2 Å². The number of carbonyl (C=O) groups excluding carboxylic acids is 1. The maximum Gasteiger partial charge on any atom is 0.336 e. The van der Waals surface area contributed by atoms with Crippen LogP contribution in [-0.2, 0) is 0 Å². The van der Waals surface area contributed by atoms with Crippen LogP contribution in [0, 0.1) is 0 Å². The molecule has 0 saturated heterocycles. The van der Waals surface area contributed by atoms with E-state index < -0.39 is 11.9 Å². The second-order valence-electron chi connectivity index (χ2n) is 4.36. The number of ketones is 1. The van der Waals surface area contributed by atoms with E-state index in [0.29, 0.717) is 5.39 Å². The molecule has 2 aromatic rings. The van der Waals surface area contributed by atoms with Crippen LogP contribution in [0.1, 0.15) is 38.0 Å². The lowest BCUT2D eigenvalue weighted by atomic mass is 9.93. The molecule has 0 radical (unpaired) electrons.